The summed E-state index contributed by atoms with van der Waals surface area (Å²) in [6.45, 7) is 0.664. The van der Waals surface area contributed by atoms with Crippen molar-refractivity contribution < 1.29 is 9.72 Å². The van der Waals surface area contributed by atoms with Crippen molar-refractivity contribution in [3.05, 3.63) is 62.9 Å². The molecular weight excluding hydrogens is 294 g/mol. The molecule has 110 valence electrons. The molecule has 1 aromatic heterocycles. The number of aromatic nitrogens is 1. The first-order chi connectivity index (χ1) is 9.97. The van der Waals surface area contributed by atoms with Gasteiger partial charge in [-0.15, -0.1) is 0 Å². The smallest absolute Gasteiger partial charge is 0.287 e. The van der Waals surface area contributed by atoms with Crippen LogP contribution in [0.2, 0.25) is 5.02 Å². The van der Waals surface area contributed by atoms with E-state index in [4.69, 9.17) is 11.6 Å². The zero-order valence-corrected chi connectivity index (χ0v) is 12.1. The number of nitrogens with zero attached hydrogens (tertiary/aromatic N) is 2. The quantitative estimate of drug-likeness (QED) is 0.505. The highest BCUT2D eigenvalue weighted by Crippen LogP contribution is 2.17. The van der Waals surface area contributed by atoms with Crippen LogP contribution in [0.1, 0.15) is 16.1 Å². The third kappa shape index (κ3) is 3.90. The van der Waals surface area contributed by atoms with Crippen LogP contribution in [0.25, 0.3) is 0 Å². The van der Waals surface area contributed by atoms with Crippen LogP contribution >= 0.6 is 11.6 Å². The molecule has 1 heterocycles. The number of hydrogen-bond donors (Lipinski definition) is 1. The fraction of sp³-hybridized carbons (Fsp3) is 0.214. The van der Waals surface area contributed by atoms with Gasteiger partial charge in [-0.25, -0.2) is 0 Å². The van der Waals surface area contributed by atoms with E-state index in [1.807, 2.05) is 18.2 Å². The number of carbonyl (C=O) groups excluding carboxylic acids is 1. The second-order valence-corrected chi connectivity index (χ2v) is 5.12. The Balaban J connectivity index is 1.98. The molecule has 0 aliphatic rings. The average molecular weight is 308 g/mol. The van der Waals surface area contributed by atoms with Crippen molar-refractivity contribution in [2.24, 2.45) is 0 Å². The Morgan fingerprint density at radius 3 is 2.76 bits per heavy atom. The van der Waals surface area contributed by atoms with Crippen molar-refractivity contribution in [1.29, 1.82) is 0 Å². The molecule has 2 aromatic rings. The van der Waals surface area contributed by atoms with Gasteiger partial charge in [0.25, 0.3) is 5.69 Å². The van der Waals surface area contributed by atoms with Crippen LogP contribution in [0.5, 0.6) is 0 Å². The monoisotopic (exact) mass is 307 g/mol. The molecule has 2 rings (SSSR count). The van der Waals surface area contributed by atoms with Crippen molar-refractivity contribution in [2.45, 2.75) is 6.54 Å². The molecule has 0 saturated carbocycles. The first kappa shape index (κ1) is 15.2. The maximum absolute atomic E-state index is 12.0. The molecule has 0 atom stereocenters. The molecule has 0 amide bonds. The number of aromatic amines is 1. The lowest BCUT2D eigenvalue weighted by molar-refractivity contribution is -0.384. The van der Waals surface area contributed by atoms with Gasteiger partial charge in [-0.1, -0.05) is 29.8 Å². The number of halogens is 1. The van der Waals surface area contributed by atoms with Gasteiger partial charge in [-0.2, -0.15) is 0 Å². The summed E-state index contributed by atoms with van der Waals surface area (Å²) in [6, 6.07) is 8.65. The number of carbonyl (C=O) groups is 1. The first-order valence-electron chi connectivity index (χ1n) is 6.25. The molecule has 0 aliphatic carbocycles. The van der Waals surface area contributed by atoms with Crippen molar-refractivity contribution in [2.75, 3.05) is 13.6 Å². The molecule has 0 fully saturated rings. The summed E-state index contributed by atoms with van der Waals surface area (Å²) in [4.78, 5) is 26.5. The summed E-state index contributed by atoms with van der Waals surface area (Å²) in [5.41, 5.74) is 1.03. The molecule has 1 N–H and O–H groups in total. The van der Waals surface area contributed by atoms with Gasteiger partial charge in [0.2, 0.25) is 0 Å². The third-order valence-corrected chi connectivity index (χ3v) is 3.36. The lowest BCUT2D eigenvalue weighted by Gasteiger charge is -2.16. The van der Waals surface area contributed by atoms with Crippen LogP contribution in [0, 0.1) is 10.1 Å². The van der Waals surface area contributed by atoms with E-state index >= 15 is 0 Å². The molecule has 6 nitrogen and oxygen atoms in total. The number of likely N-dealkylation sites (N-methyl/N-ethyl adjacent to an activating group) is 1. The molecule has 0 bridgehead atoms. The van der Waals surface area contributed by atoms with E-state index < -0.39 is 4.92 Å². The van der Waals surface area contributed by atoms with Gasteiger partial charge in [0.05, 0.1) is 23.4 Å². The number of nitrogens with one attached hydrogen (secondary N) is 1. The second kappa shape index (κ2) is 6.51. The topological polar surface area (TPSA) is 79.2 Å². The van der Waals surface area contributed by atoms with Gasteiger partial charge in [0.1, 0.15) is 0 Å². The summed E-state index contributed by atoms with van der Waals surface area (Å²) >= 11 is 6.07. The summed E-state index contributed by atoms with van der Waals surface area (Å²) in [6.07, 6.45) is 1.21. The number of ketones is 1. The maximum Gasteiger partial charge on any atom is 0.287 e. The van der Waals surface area contributed by atoms with E-state index in [2.05, 4.69) is 4.98 Å². The summed E-state index contributed by atoms with van der Waals surface area (Å²) in [5, 5.41) is 11.2. The van der Waals surface area contributed by atoms with Crippen LogP contribution in [0.4, 0.5) is 5.69 Å². The number of rotatable bonds is 6. The Bertz CT molecular complexity index is 669. The van der Waals surface area contributed by atoms with Crippen molar-refractivity contribution in [1.82, 2.24) is 9.88 Å². The predicted octanol–water partition coefficient (Wildman–Crippen LogP) is 2.89. The van der Waals surface area contributed by atoms with E-state index in [9.17, 15) is 14.9 Å². The minimum atomic E-state index is -0.541. The minimum Gasteiger partial charge on any atom is -0.353 e. The minimum absolute atomic E-state index is 0.118. The first-order valence-corrected chi connectivity index (χ1v) is 6.63. The Hall–Kier alpha value is -2.18. The van der Waals surface area contributed by atoms with Gasteiger partial charge in [0.15, 0.2) is 5.78 Å². The van der Waals surface area contributed by atoms with Crippen LogP contribution in [-0.4, -0.2) is 34.2 Å². The van der Waals surface area contributed by atoms with E-state index in [-0.39, 0.29) is 23.7 Å². The molecule has 0 spiro atoms. The lowest BCUT2D eigenvalue weighted by atomic mass is 10.2. The normalized spacial score (nSPS) is 10.8. The second-order valence-electron chi connectivity index (χ2n) is 4.72. The summed E-state index contributed by atoms with van der Waals surface area (Å²) in [7, 11) is 1.79. The van der Waals surface area contributed by atoms with E-state index in [1.54, 1.807) is 18.0 Å². The molecule has 1 aromatic carbocycles. The number of benzene rings is 1. The average Bonchev–Trinajstić information content (AvgIpc) is 2.91. The van der Waals surface area contributed by atoms with Crippen LogP contribution in [0.3, 0.4) is 0 Å². The van der Waals surface area contributed by atoms with Gasteiger partial charge in [-0.05, 0) is 18.7 Å². The number of hydrogen-bond acceptors (Lipinski definition) is 4. The highest BCUT2D eigenvalue weighted by atomic mass is 35.5. The fourth-order valence-corrected chi connectivity index (χ4v) is 2.15. The molecule has 0 saturated heterocycles. The maximum atomic E-state index is 12.0. The lowest BCUT2D eigenvalue weighted by Crippen LogP contribution is -2.25. The molecule has 0 radical (unpaired) electrons. The SMILES string of the molecule is CN(CC(=O)c1cc([N+](=O)[O-])c[nH]1)Cc1ccccc1Cl. The summed E-state index contributed by atoms with van der Waals surface area (Å²) < 4.78 is 0. The van der Waals surface area contributed by atoms with Gasteiger partial charge in [0, 0.05) is 17.6 Å². The highest BCUT2D eigenvalue weighted by Gasteiger charge is 2.16. The van der Waals surface area contributed by atoms with E-state index in [0.29, 0.717) is 11.6 Å². The van der Waals surface area contributed by atoms with Crippen LogP contribution in [0.15, 0.2) is 36.5 Å². The summed E-state index contributed by atoms with van der Waals surface area (Å²) in [5.74, 6) is -0.211. The van der Waals surface area contributed by atoms with Gasteiger partial charge in [-0.3, -0.25) is 19.8 Å². The zero-order chi connectivity index (χ0) is 15.4. The molecule has 0 unspecified atom stereocenters. The highest BCUT2D eigenvalue weighted by molar-refractivity contribution is 6.31. The standard InChI is InChI=1S/C14H14ClN3O3/c1-17(8-10-4-2-3-5-12(10)15)9-14(19)13-6-11(7-16-13)18(20)21/h2-7,16H,8-9H2,1H3. The third-order valence-electron chi connectivity index (χ3n) is 2.99. The van der Waals surface area contributed by atoms with Crippen LogP contribution < -0.4 is 0 Å². The number of nitro groups is 1. The molecular formula is C14H14ClN3O3. The predicted molar refractivity (Wildman–Crippen MR) is 79.6 cm³/mol. The Kier molecular flexibility index (Phi) is 4.72. The Morgan fingerprint density at radius 2 is 2.14 bits per heavy atom. The fourth-order valence-electron chi connectivity index (χ4n) is 1.95. The molecule has 7 heteroatoms. The van der Waals surface area contributed by atoms with Crippen molar-refractivity contribution in [3.8, 4) is 0 Å². The van der Waals surface area contributed by atoms with E-state index in [0.717, 1.165) is 5.56 Å². The molecule has 0 aliphatic heterocycles. The Morgan fingerprint density at radius 1 is 1.43 bits per heavy atom. The van der Waals surface area contributed by atoms with E-state index in [1.165, 1.54) is 12.3 Å². The largest absolute Gasteiger partial charge is 0.353 e. The van der Waals surface area contributed by atoms with Gasteiger partial charge >= 0.3 is 0 Å². The van der Waals surface area contributed by atoms with Crippen LogP contribution in [-0.2, 0) is 6.54 Å². The zero-order valence-electron chi connectivity index (χ0n) is 11.4. The van der Waals surface area contributed by atoms with Gasteiger partial charge < -0.3 is 4.98 Å². The molecule has 21 heavy (non-hydrogen) atoms. The van der Waals surface area contributed by atoms with Crippen molar-refractivity contribution >= 4 is 23.1 Å². The number of Topliss-reactive ketones (excluding diaryl/α,β-unsaturated/α-hetero) is 1. The number of H-pyrrole nitrogens is 1. The van der Waals surface area contributed by atoms with Crippen molar-refractivity contribution in [3.63, 3.8) is 0 Å². The Labute approximate surface area is 126 Å².